The Balaban J connectivity index is 1.33. The monoisotopic (exact) mass is 493 g/mol. The quantitative estimate of drug-likeness (QED) is 0.351. The molecule has 0 saturated carbocycles. The molecule has 0 radical (unpaired) electrons. The number of carbonyl (C=O) groups is 1. The van der Waals surface area contributed by atoms with Gasteiger partial charge in [0.1, 0.15) is 18.1 Å². The van der Waals surface area contributed by atoms with Gasteiger partial charge in [-0.1, -0.05) is 17.7 Å². The Kier molecular flexibility index (Phi) is 6.06. The van der Waals surface area contributed by atoms with Crippen LogP contribution >= 0.6 is 11.6 Å². The molecule has 3 aromatic heterocycles. The van der Waals surface area contributed by atoms with Gasteiger partial charge in [0.15, 0.2) is 5.65 Å². The van der Waals surface area contributed by atoms with Gasteiger partial charge in [0, 0.05) is 17.6 Å². The Morgan fingerprint density at radius 2 is 2.00 bits per heavy atom. The van der Waals surface area contributed by atoms with E-state index >= 15 is 0 Å². The van der Waals surface area contributed by atoms with E-state index < -0.39 is 11.7 Å². The van der Waals surface area contributed by atoms with Crippen molar-refractivity contribution in [3.8, 4) is 17.0 Å². The average Bonchev–Trinajstić information content (AvgIpc) is 3.40. The van der Waals surface area contributed by atoms with Gasteiger partial charge in [-0.05, 0) is 61.6 Å². The van der Waals surface area contributed by atoms with Crippen molar-refractivity contribution in [2.24, 2.45) is 0 Å². The topological polar surface area (TPSA) is 100 Å². The number of fused-ring (bicyclic) bond motifs is 2. The van der Waals surface area contributed by atoms with Crippen molar-refractivity contribution in [1.82, 2.24) is 29.5 Å². The first kappa shape index (κ1) is 22.8. The number of H-pyrrole nitrogens is 1. The predicted molar refractivity (Wildman–Crippen MR) is 131 cm³/mol. The van der Waals surface area contributed by atoms with Crippen molar-refractivity contribution in [3.05, 3.63) is 71.3 Å². The highest BCUT2D eigenvalue weighted by molar-refractivity contribution is 6.30. The number of aromatic nitrogens is 5. The molecule has 0 aliphatic carbocycles. The Morgan fingerprint density at radius 3 is 2.80 bits per heavy atom. The standard InChI is InChI=1S/C24H21ClFN7O2/c1-32(2)7-8-35-22-6-5-21-27-20(13-33(21)31-22)23(34)30-24-28-18-4-3-14(11-19(18)29-24)15-9-16(25)12-17(26)10-15/h3-6,9-13H,7-8H2,1-2H3,(H2,28,29,30,34). The van der Waals surface area contributed by atoms with Gasteiger partial charge < -0.3 is 14.6 Å². The molecule has 3 heterocycles. The van der Waals surface area contributed by atoms with Crippen LogP contribution in [0.1, 0.15) is 10.5 Å². The third-order valence-corrected chi connectivity index (χ3v) is 5.44. The van der Waals surface area contributed by atoms with Gasteiger partial charge in [0.2, 0.25) is 11.8 Å². The Hall–Kier alpha value is -4.02. The summed E-state index contributed by atoms with van der Waals surface area (Å²) in [5.41, 5.74) is 3.41. The molecule has 2 aromatic carbocycles. The summed E-state index contributed by atoms with van der Waals surface area (Å²) < 4.78 is 20.9. The number of imidazole rings is 2. The van der Waals surface area contributed by atoms with Crippen molar-refractivity contribution in [3.63, 3.8) is 0 Å². The molecule has 0 aliphatic heterocycles. The maximum Gasteiger partial charge on any atom is 0.278 e. The lowest BCUT2D eigenvalue weighted by atomic mass is 10.1. The molecule has 0 saturated heterocycles. The number of nitrogens with zero attached hydrogens (tertiary/aromatic N) is 5. The van der Waals surface area contributed by atoms with Crippen molar-refractivity contribution in [1.29, 1.82) is 0 Å². The number of carbonyl (C=O) groups excluding carboxylic acids is 1. The fourth-order valence-electron chi connectivity index (χ4n) is 3.52. The van der Waals surface area contributed by atoms with Crippen LogP contribution in [0.2, 0.25) is 5.02 Å². The summed E-state index contributed by atoms with van der Waals surface area (Å²) in [6, 6.07) is 13.2. The molecule has 5 rings (SSSR count). The molecule has 0 spiro atoms. The first-order valence-electron chi connectivity index (χ1n) is 10.8. The molecular formula is C24H21ClFN7O2. The van der Waals surface area contributed by atoms with Crippen LogP contribution in [0.25, 0.3) is 27.8 Å². The van der Waals surface area contributed by atoms with E-state index in [4.69, 9.17) is 16.3 Å². The molecule has 1 amide bonds. The Bertz CT molecular complexity index is 1530. The van der Waals surface area contributed by atoms with Gasteiger partial charge in [-0.15, -0.1) is 5.10 Å². The number of anilines is 1. The maximum atomic E-state index is 13.7. The van der Waals surface area contributed by atoms with Gasteiger partial charge >= 0.3 is 0 Å². The summed E-state index contributed by atoms with van der Waals surface area (Å²) in [6.45, 7) is 1.25. The first-order valence-corrected chi connectivity index (χ1v) is 11.1. The van der Waals surface area contributed by atoms with Crippen molar-refractivity contribution < 1.29 is 13.9 Å². The second-order valence-electron chi connectivity index (χ2n) is 8.18. The van der Waals surface area contributed by atoms with Crippen LogP contribution < -0.4 is 10.1 Å². The number of hydrogen-bond acceptors (Lipinski definition) is 6. The van der Waals surface area contributed by atoms with E-state index in [0.29, 0.717) is 39.8 Å². The highest BCUT2D eigenvalue weighted by atomic mass is 35.5. The Morgan fingerprint density at radius 1 is 1.14 bits per heavy atom. The molecule has 178 valence electrons. The van der Waals surface area contributed by atoms with E-state index in [-0.39, 0.29) is 11.6 Å². The van der Waals surface area contributed by atoms with E-state index in [1.54, 1.807) is 24.3 Å². The number of hydrogen-bond donors (Lipinski definition) is 2. The minimum Gasteiger partial charge on any atom is -0.475 e. The normalized spacial score (nSPS) is 11.5. The summed E-state index contributed by atoms with van der Waals surface area (Å²) in [5, 5.41) is 7.37. The first-order chi connectivity index (χ1) is 16.8. The van der Waals surface area contributed by atoms with Crippen LogP contribution in [0.5, 0.6) is 5.88 Å². The lowest BCUT2D eigenvalue weighted by Gasteiger charge is -2.10. The zero-order chi connectivity index (χ0) is 24.5. The molecule has 0 fully saturated rings. The minimum absolute atomic E-state index is 0.179. The lowest BCUT2D eigenvalue weighted by Crippen LogP contribution is -2.19. The molecule has 5 aromatic rings. The highest BCUT2D eigenvalue weighted by Gasteiger charge is 2.15. The summed E-state index contributed by atoms with van der Waals surface area (Å²) in [7, 11) is 3.92. The number of amides is 1. The molecule has 0 atom stereocenters. The van der Waals surface area contributed by atoms with Crippen LogP contribution in [-0.4, -0.2) is 62.6 Å². The number of halogens is 2. The van der Waals surface area contributed by atoms with E-state index in [9.17, 15) is 9.18 Å². The summed E-state index contributed by atoms with van der Waals surface area (Å²) in [6.07, 6.45) is 1.53. The number of likely N-dealkylation sites (N-methyl/N-ethyl adjacent to an activating group) is 1. The smallest absolute Gasteiger partial charge is 0.278 e. The van der Waals surface area contributed by atoms with E-state index in [1.807, 2.05) is 31.1 Å². The summed E-state index contributed by atoms with van der Waals surface area (Å²) >= 11 is 5.98. The van der Waals surface area contributed by atoms with Gasteiger partial charge in [0.25, 0.3) is 5.91 Å². The summed E-state index contributed by atoms with van der Waals surface area (Å²) in [5.74, 6) is -0.158. The average molecular weight is 494 g/mol. The van der Waals surface area contributed by atoms with E-state index in [2.05, 4.69) is 25.4 Å². The van der Waals surface area contributed by atoms with Crippen molar-refractivity contribution in [2.75, 3.05) is 32.6 Å². The summed E-state index contributed by atoms with van der Waals surface area (Å²) in [4.78, 5) is 26.6. The molecule has 0 aliphatic rings. The molecule has 0 bridgehead atoms. The van der Waals surface area contributed by atoms with Crippen LogP contribution in [0.3, 0.4) is 0 Å². The number of aromatic amines is 1. The van der Waals surface area contributed by atoms with Gasteiger partial charge in [-0.3, -0.25) is 10.1 Å². The van der Waals surface area contributed by atoms with Crippen molar-refractivity contribution >= 4 is 40.1 Å². The van der Waals surface area contributed by atoms with Gasteiger partial charge in [-0.25, -0.2) is 18.9 Å². The van der Waals surface area contributed by atoms with E-state index in [1.165, 1.54) is 22.8 Å². The third kappa shape index (κ3) is 5.08. The van der Waals surface area contributed by atoms with Crippen LogP contribution in [0, 0.1) is 5.82 Å². The third-order valence-electron chi connectivity index (χ3n) is 5.23. The van der Waals surface area contributed by atoms with Gasteiger partial charge in [0.05, 0.1) is 17.2 Å². The zero-order valence-corrected chi connectivity index (χ0v) is 19.7. The Labute approximate surface area is 204 Å². The van der Waals surface area contributed by atoms with Crippen LogP contribution in [-0.2, 0) is 0 Å². The van der Waals surface area contributed by atoms with E-state index in [0.717, 1.165) is 12.1 Å². The second kappa shape index (κ2) is 9.32. The fraction of sp³-hybridized carbons (Fsp3) is 0.167. The molecule has 2 N–H and O–H groups in total. The van der Waals surface area contributed by atoms with Crippen molar-refractivity contribution in [2.45, 2.75) is 0 Å². The lowest BCUT2D eigenvalue weighted by molar-refractivity contribution is 0.102. The second-order valence-corrected chi connectivity index (χ2v) is 8.62. The minimum atomic E-state index is -0.443. The number of ether oxygens (including phenoxy) is 1. The number of nitrogens with one attached hydrogen (secondary N) is 2. The molecule has 0 unspecified atom stereocenters. The fourth-order valence-corrected chi connectivity index (χ4v) is 3.75. The largest absolute Gasteiger partial charge is 0.475 e. The SMILES string of the molecule is CN(C)CCOc1ccc2nc(C(=O)Nc3nc4ccc(-c5cc(F)cc(Cl)c5)cc4[nH]3)cn2n1. The molecule has 11 heteroatoms. The zero-order valence-electron chi connectivity index (χ0n) is 18.9. The highest BCUT2D eigenvalue weighted by Crippen LogP contribution is 2.27. The van der Waals surface area contributed by atoms with Crippen LogP contribution in [0.4, 0.5) is 10.3 Å². The maximum absolute atomic E-state index is 13.7. The number of rotatable bonds is 7. The molecule has 9 nitrogen and oxygen atoms in total. The molecule has 35 heavy (non-hydrogen) atoms. The van der Waals surface area contributed by atoms with Crippen LogP contribution in [0.15, 0.2) is 54.7 Å². The van der Waals surface area contributed by atoms with Gasteiger partial charge in [-0.2, -0.15) is 0 Å². The molecular weight excluding hydrogens is 473 g/mol. The number of benzene rings is 2. The predicted octanol–water partition coefficient (Wildman–Crippen LogP) is 4.26.